The molecule has 21 heavy (non-hydrogen) atoms. The van der Waals surface area contributed by atoms with Crippen molar-refractivity contribution in [3.05, 3.63) is 59.2 Å². The van der Waals surface area contributed by atoms with Gasteiger partial charge in [0.05, 0.1) is 11.6 Å². The van der Waals surface area contributed by atoms with E-state index in [4.69, 9.17) is 14.7 Å². The van der Waals surface area contributed by atoms with Gasteiger partial charge in [-0.25, -0.2) is 0 Å². The molecular weight excluding hydrogens is 264 g/mol. The largest absolute Gasteiger partial charge is 0.454 e. The van der Waals surface area contributed by atoms with Crippen molar-refractivity contribution in [3.63, 3.8) is 0 Å². The number of fused-ring (bicyclic) bond motifs is 1. The third-order valence-electron chi connectivity index (χ3n) is 3.59. The second-order valence-electron chi connectivity index (χ2n) is 5.02. The predicted octanol–water partition coefficient (Wildman–Crippen LogP) is 3.14. The van der Waals surface area contributed by atoms with Crippen molar-refractivity contribution in [2.75, 3.05) is 6.79 Å². The highest BCUT2D eigenvalue weighted by molar-refractivity contribution is 5.45. The predicted molar refractivity (Wildman–Crippen MR) is 79.0 cm³/mol. The molecule has 0 aromatic heterocycles. The van der Waals surface area contributed by atoms with Crippen molar-refractivity contribution in [2.45, 2.75) is 19.5 Å². The number of rotatable bonds is 4. The number of benzene rings is 2. The van der Waals surface area contributed by atoms with Crippen molar-refractivity contribution < 1.29 is 9.47 Å². The Morgan fingerprint density at radius 1 is 1.14 bits per heavy atom. The molecule has 0 saturated heterocycles. The molecule has 2 aromatic carbocycles. The van der Waals surface area contributed by atoms with Crippen molar-refractivity contribution in [3.8, 4) is 17.6 Å². The van der Waals surface area contributed by atoms with Crippen LogP contribution in [-0.4, -0.2) is 6.79 Å². The van der Waals surface area contributed by atoms with Gasteiger partial charge >= 0.3 is 0 Å². The molecule has 1 N–H and O–H groups in total. The maximum atomic E-state index is 8.78. The number of hydrogen-bond donors (Lipinski definition) is 1. The highest BCUT2D eigenvalue weighted by atomic mass is 16.7. The summed E-state index contributed by atoms with van der Waals surface area (Å²) in [6, 6.07) is 15.9. The molecule has 1 aliphatic rings. The second-order valence-corrected chi connectivity index (χ2v) is 5.02. The molecule has 0 aliphatic carbocycles. The van der Waals surface area contributed by atoms with Crippen LogP contribution in [0.2, 0.25) is 0 Å². The molecule has 1 heterocycles. The van der Waals surface area contributed by atoms with Crippen LogP contribution in [0, 0.1) is 11.3 Å². The van der Waals surface area contributed by atoms with Crippen LogP contribution in [-0.2, 0) is 6.54 Å². The van der Waals surface area contributed by atoms with E-state index in [1.165, 1.54) is 0 Å². The summed E-state index contributed by atoms with van der Waals surface area (Å²) in [6.07, 6.45) is 0. The van der Waals surface area contributed by atoms with Crippen LogP contribution in [0.4, 0.5) is 0 Å². The fraction of sp³-hybridized carbons (Fsp3) is 0.235. The van der Waals surface area contributed by atoms with E-state index < -0.39 is 0 Å². The second kappa shape index (κ2) is 5.86. The van der Waals surface area contributed by atoms with E-state index >= 15 is 0 Å². The van der Waals surface area contributed by atoms with Crippen LogP contribution in [0.5, 0.6) is 11.5 Å². The van der Waals surface area contributed by atoms with Gasteiger partial charge in [-0.1, -0.05) is 18.2 Å². The molecular formula is C17H16N2O2. The van der Waals surface area contributed by atoms with E-state index in [0.717, 1.165) is 29.2 Å². The molecule has 1 aliphatic heterocycles. The number of nitrogens with zero attached hydrogens (tertiary/aromatic N) is 1. The summed E-state index contributed by atoms with van der Waals surface area (Å²) in [5.74, 6) is 1.61. The van der Waals surface area contributed by atoms with E-state index in [9.17, 15) is 0 Å². The average molecular weight is 280 g/mol. The minimum Gasteiger partial charge on any atom is -0.454 e. The van der Waals surface area contributed by atoms with Gasteiger partial charge < -0.3 is 14.8 Å². The molecule has 4 heteroatoms. The Hall–Kier alpha value is -2.51. The van der Waals surface area contributed by atoms with E-state index in [2.05, 4.69) is 18.3 Å². The summed E-state index contributed by atoms with van der Waals surface area (Å²) >= 11 is 0. The minimum atomic E-state index is 0.204. The van der Waals surface area contributed by atoms with Gasteiger partial charge in [0.2, 0.25) is 6.79 Å². The molecule has 4 nitrogen and oxygen atoms in total. The van der Waals surface area contributed by atoms with Gasteiger partial charge in [0, 0.05) is 12.6 Å². The summed E-state index contributed by atoms with van der Waals surface area (Å²) < 4.78 is 10.7. The fourth-order valence-corrected chi connectivity index (χ4v) is 2.27. The third-order valence-corrected chi connectivity index (χ3v) is 3.59. The summed E-state index contributed by atoms with van der Waals surface area (Å²) in [4.78, 5) is 0. The minimum absolute atomic E-state index is 0.204. The molecule has 3 rings (SSSR count). The zero-order chi connectivity index (χ0) is 14.7. The van der Waals surface area contributed by atoms with Crippen LogP contribution < -0.4 is 14.8 Å². The first kappa shape index (κ1) is 13.5. The van der Waals surface area contributed by atoms with Gasteiger partial charge in [-0.15, -0.1) is 0 Å². The Morgan fingerprint density at radius 2 is 1.90 bits per heavy atom. The van der Waals surface area contributed by atoms with Crippen LogP contribution in [0.1, 0.15) is 29.7 Å². The van der Waals surface area contributed by atoms with Crippen molar-refractivity contribution in [1.29, 1.82) is 5.26 Å². The maximum absolute atomic E-state index is 8.78. The zero-order valence-corrected chi connectivity index (χ0v) is 11.8. The van der Waals surface area contributed by atoms with Crippen LogP contribution >= 0.6 is 0 Å². The van der Waals surface area contributed by atoms with Gasteiger partial charge in [-0.05, 0) is 42.3 Å². The first-order chi connectivity index (χ1) is 10.3. The first-order valence-corrected chi connectivity index (χ1v) is 6.88. The van der Waals surface area contributed by atoms with Crippen LogP contribution in [0.25, 0.3) is 0 Å². The Bertz CT molecular complexity index is 674. The summed E-state index contributed by atoms with van der Waals surface area (Å²) in [7, 11) is 0. The molecule has 0 radical (unpaired) electrons. The van der Waals surface area contributed by atoms with E-state index in [1.807, 2.05) is 42.5 Å². The topological polar surface area (TPSA) is 54.3 Å². The smallest absolute Gasteiger partial charge is 0.231 e. The lowest BCUT2D eigenvalue weighted by Crippen LogP contribution is -2.18. The number of nitriles is 1. The lowest BCUT2D eigenvalue weighted by molar-refractivity contribution is 0.174. The Labute approximate surface area is 123 Å². The quantitative estimate of drug-likeness (QED) is 0.934. The van der Waals surface area contributed by atoms with E-state index in [1.54, 1.807) is 0 Å². The van der Waals surface area contributed by atoms with Crippen LogP contribution in [0.15, 0.2) is 42.5 Å². The third kappa shape index (κ3) is 2.99. The van der Waals surface area contributed by atoms with E-state index in [0.29, 0.717) is 12.4 Å². The molecule has 0 saturated carbocycles. The average Bonchev–Trinajstić information content (AvgIpc) is 3.00. The van der Waals surface area contributed by atoms with Crippen molar-refractivity contribution in [1.82, 2.24) is 5.32 Å². The molecule has 0 fully saturated rings. The lowest BCUT2D eigenvalue weighted by atomic mass is 10.1. The number of nitrogens with one attached hydrogen (secondary N) is 1. The SMILES string of the molecule is CC(NCc1ccc(C#N)cc1)c1ccc2c(c1)OCO2. The van der Waals surface area contributed by atoms with Crippen molar-refractivity contribution in [2.24, 2.45) is 0 Å². The first-order valence-electron chi connectivity index (χ1n) is 6.88. The molecule has 106 valence electrons. The molecule has 0 spiro atoms. The maximum Gasteiger partial charge on any atom is 0.231 e. The summed E-state index contributed by atoms with van der Waals surface area (Å²) in [6.45, 7) is 3.16. The number of hydrogen-bond acceptors (Lipinski definition) is 4. The van der Waals surface area contributed by atoms with Crippen molar-refractivity contribution >= 4 is 0 Å². The van der Waals surface area contributed by atoms with E-state index in [-0.39, 0.29) is 6.04 Å². The molecule has 2 aromatic rings. The standard InChI is InChI=1S/C17H16N2O2/c1-12(15-6-7-16-17(8-15)21-11-20-16)19-10-14-4-2-13(9-18)3-5-14/h2-8,12,19H,10-11H2,1H3. The Balaban J connectivity index is 1.63. The molecule has 0 bridgehead atoms. The molecule has 0 amide bonds. The van der Waals surface area contributed by atoms with Gasteiger partial charge in [-0.3, -0.25) is 0 Å². The Morgan fingerprint density at radius 3 is 2.67 bits per heavy atom. The van der Waals surface area contributed by atoms with Crippen LogP contribution in [0.3, 0.4) is 0 Å². The normalized spacial score (nSPS) is 13.7. The fourth-order valence-electron chi connectivity index (χ4n) is 2.27. The zero-order valence-electron chi connectivity index (χ0n) is 11.8. The highest BCUT2D eigenvalue weighted by Gasteiger charge is 2.15. The summed E-state index contributed by atoms with van der Waals surface area (Å²) in [5.41, 5.74) is 3.00. The number of ether oxygens (including phenoxy) is 2. The Kier molecular flexibility index (Phi) is 3.76. The van der Waals surface area contributed by atoms with Gasteiger partial charge in [0.15, 0.2) is 11.5 Å². The highest BCUT2D eigenvalue weighted by Crippen LogP contribution is 2.34. The van der Waals surface area contributed by atoms with Gasteiger partial charge in [0.1, 0.15) is 0 Å². The molecule has 1 unspecified atom stereocenters. The monoisotopic (exact) mass is 280 g/mol. The summed E-state index contributed by atoms with van der Waals surface area (Å²) in [5, 5.41) is 12.2. The van der Waals surface area contributed by atoms with Gasteiger partial charge in [-0.2, -0.15) is 5.26 Å². The molecule has 1 atom stereocenters. The lowest BCUT2D eigenvalue weighted by Gasteiger charge is -2.15. The van der Waals surface area contributed by atoms with Gasteiger partial charge in [0.25, 0.3) is 0 Å².